The van der Waals surface area contributed by atoms with E-state index in [1.165, 1.54) is 4.68 Å². The Labute approximate surface area is 128 Å². The lowest BCUT2D eigenvalue weighted by molar-refractivity contribution is 0.0885. The van der Waals surface area contributed by atoms with Crippen LogP contribution in [0.2, 0.25) is 5.02 Å². The second kappa shape index (κ2) is 7.22. The van der Waals surface area contributed by atoms with E-state index in [0.717, 1.165) is 12.8 Å². The molecule has 6 heteroatoms. The largest absolute Gasteiger partial charge is 0.462 e. The minimum absolute atomic E-state index is 0.119. The van der Waals surface area contributed by atoms with Gasteiger partial charge in [-0.15, -0.1) is 5.10 Å². The summed E-state index contributed by atoms with van der Waals surface area (Å²) in [4.78, 5) is 16.5. The number of hydrogen-bond donors (Lipinski definition) is 0. The zero-order valence-corrected chi connectivity index (χ0v) is 12.9. The van der Waals surface area contributed by atoms with Gasteiger partial charge in [-0.1, -0.05) is 37.6 Å². The van der Waals surface area contributed by atoms with Crippen LogP contribution >= 0.6 is 11.6 Å². The second-order valence-electron chi connectivity index (χ2n) is 4.60. The summed E-state index contributed by atoms with van der Waals surface area (Å²) in [5.74, 6) is 0.302. The van der Waals surface area contributed by atoms with Crippen molar-refractivity contribution < 1.29 is 9.53 Å². The highest BCUT2D eigenvalue weighted by molar-refractivity contribution is 6.33. The lowest BCUT2D eigenvalue weighted by atomic mass is 10.2. The molecule has 0 amide bonds. The number of nitrogens with zero attached hydrogens (tertiary/aromatic N) is 3. The van der Waals surface area contributed by atoms with Crippen LogP contribution in [0.15, 0.2) is 24.3 Å². The highest BCUT2D eigenvalue weighted by atomic mass is 35.5. The van der Waals surface area contributed by atoms with E-state index in [2.05, 4.69) is 10.1 Å². The van der Waals surface area contributed by atoms with Crippen molar-refractivity contribution in [2.75, 3.05) is 6.61 Å². The summed E-state index contributed by atoms with van der Waals surface area (Å²) >= 11 is 6.19. The average molecular weight is 308 g/mol. The van der Waals surface area contributed by atoms with Gasteiger partial charge in [-0.3, -0.25) is 4.79 Å². The molecule has 1 heterocycles. The van der Waals surface area contributed by atoms with Gasteiger partial charge in [0.1, 0.15) is 0 Å². The Bertz CT molecular complexity index is 625. The molecule has 0 saturated carbocycles. The van der Waals surface area contributed by atoms with E-state index in [9.17, 15) is 4.79 Å². The predicted molar refractivity (Wildman–Crippen MR) is 81.8 cm³/mol. The molecule has 0 radical (unpaired) electrons. The molecule has 0 N–H and O–H groups in total. The van der Waals surface area contributed by atoms with Crippen LogP contribution in [0.25, 0.3) is 11.4 Å². The number of rotatable bonds is 6. The minimum Gasteiger partial charge on any atom is -0.462 e. The maximum atomic E-state index is 12.2. The van der Waals surface area contributed by atoms with Gasteiger partial charge >= 0.3 is 6.01 Å². The van der Waals surface area contributed by atoms with Crippen LogP contribution in [-0.2, 0) is 0 Å². The number of benzene rings is 1. The van der Waals surface area contributed by atoms with Crippen LogP contribution in [0.1, 0.15) is 37.9 Å². The van der Waals surface area contributed by atoms with Crippen LogP contribution in [0.5, 0.6) is 6.01 Å². The van der Waals surface area contributed by atoms with Gasteiger partial charge in [-0.2, -0.15) is 9.67 Å². The van der Waals surface area contributed by atoms with Crippen LogP contribution in [0.3, 0.4) is 0 Å². The van der Waals surface area contributed by atoms with Crippen molar-refractivity contribution in [1.29, 1.82) is 0 Å². The summed E-state index contributed by atoms with van der Waals surface area (Å²) in [6.07, 6.45) is 1.98. The Morgan fingerprint density at radius 2 is 2.05 bits per heavy atom. The molecule has 0 spiro atoms. The van der Waals surface area contributed by atoms with Gasteiger partial charge in [-0.05, 0) is 25.0 Å². The van der Waals surface area contributed by atoms with E-state index in [4.69, 9.17) is 16.3 Å². The van der Waals surface area contributed by atoms with Gasteiger partial charge in [0, 0.05) is 12.0 Å². The van der Waals surface area contributed by atoms with Crippen molar-refractivity contribution in [3.05, 3.63) is 29.3 Å². The molecule has 1 aromatic carbocycles. The number of aromatic nitrogens is 3. The first kappa shape index (κ1) is 15.5. The number of halogens is 1. The van der Waals surface area contributed by atoms with Gasteiger partial charge in [0.05, 0.1) is 11.6 Å². The summed E-state index contributed by atoms with van der Waals surface area (Å²) in [5, 5.41) is 4.68. The molecule has 21 heavy (non-hydrogen) atoms. The quantitative estimate of drug-likeness (QED) is 0.814. The predicted octanol–water partition coefficient (Wildman–Crippen LogP) is 3.83. The van der Waals surface area contributed by atoms with Gasteiger partial charge in [0.2, 0.25) is 5.91 Å². The third kappa shape index (κ3) is 3.61. The molecule has 0 fully saturated rings. The highest BCUT2D eigenvalue weighted by Crippen LogP contribution is 2.27. The Morgan fingerprint density at radius 1 is 1.29 bits per heavy atom. The summed E-state index contributed by atoms with van der Waals surface area (Å²) in [6, 6.07) is 7.45. The summed E-state index contributed by atoms with van der Waals surface area (Å²) < 4.78 is 6.72. The molecule has 2 rings (SSSR count). The maximum Gasteiger partial charge on any atom is 0.336 e. The van der Waals surface area contributed by atoms with Gasteiger partial charge in [0.25, 0.3) is 0 Å². The van der Waals surface area contributed by atoms with Crippen molar-refractivity contribution in [2.45, 2.75) is 33.1 Å². The smallest absolute Gasteiger partial charge is 0.336 e. The molecule has 0 bridgehead atoms. The molecule has 2 aromatic rings. The van der Waals surface area contributed by atoms with E-state index >= 15 is 0 Å². The minimum atomic E-state index is -0.119. The fourth-order valence-corrected chi connectivity index (χ4v) is 2.08. The fourth-order valence-electron chi connectivity index (χ4n) is 1.86. The molecule has 0 aliphatic carbocycles. The van der Waals surface area contributed by atoms with Crippen molar-refractivity contribution in [1.82, 2.24) is 14.8 Å². The first-order valence-corrected chi connectivity index (χ1v) is 7.43. The Kier molecular flexibility index (Phi) is 5.33. The van der Waals surface area contributed by atoms with Gasteiger partial charge in [0.15, 0.2) is 5.82 Å². The molecule has 0 aliphatic heterocycles. The molecular weight excluding hydrogens is 290 g/mol. The molecule has 0 unspecified atom stereocenters. The molecular formula is C15H18ClN3O2. The Hall–Kier alpha value is -1.88. The molecule has 0 aliphatic rings. The van der Waals surface area contributed by atoms with Crippen LogP contribution in [0, 0.1) is 0 Å². The fraction of sp³-hybridized carbons (Fsp3) is 0.400. The SMILES string of the molecule is CCCOc1nc(-c2ccccc2Cl)n(C(=O)CCC)n1. The summed E-state index contributed by atoms with van der Waals surface area (Å²) in [5.41, 5.74) is 0.669. The molecule has 0 atom stereocenters. The van der Waals surface area contributed by atoms with Crippen LogP contribution < -0.4 is 4.74 Å². The van der Waals surface area contributed by atoms with E-state index < -0.39 is 0 Å². The zero-order chi connectivity index (χ0) is 15.2. The second-order valence-corrected chi connectivity index (χ2v) is 5.01. The first-order valence-electron chi connectivity index (χ1n) is 7.05. The number of carbonyl (C=O) groups excluding carboxylic acids is 1. The van der Waals surface area contributed by atoms with Crippen molar-refractivity contribution >= 4 is 17.5 Å². The average Bonchev–Trinajstić information content (AvgIpc) is 2.90. The van der Waals surface area contributed by atoms with Crippen molar-refractivity contribution in [2.24, 2.45) is 0 Å². The molecule has 1 aromatic heterocycles. The number of hydrogen-bond acceptors (Lipinski definition) is 4. The Balaban J connectivity index is 2.44. The van der Waals surface area contributed by atoms with Crippen LogP contribution in [0.4, 0.5) is 0 Å². The topological polar surface area (TPSA) is 57.0 Å². The van der Waals surface area contributed by atoms with E-state index in [1.807, 2.05) is 32.0 Å². The lowest BCUT2D eigenvalue weighted by Crippen LogP contribution is -2.13. The molecule has 0 saturated heterocycles. The van der Waals surface area contributed by atoms with Crippen LogP contribution in [-0.4, -0.2) is 27.3 Å². The monoisotopic (exact) mass is 307 g/mol. The van der Waals surface area contributed by atoms with Crippen molar-refractivity contribution in [3.8, 4) is 17.4 Å². The third-order valence-electron chi connectivity index (χ3n) is 2.84. The molecule has 5 nitrogen and oxygen atoms in total. The summed E-state index contributed by atoms with van der Waals surface area (Å²) in [6.45, 7) is 4.45. The number of carbonyl (C=O) groups is 1. The van der Waals surface area contributed by atoms with E-state index in [-0.39, 0.29) is 11.9 Å². The number of ether oxygens (including phenoxy) is 1. The van der Waals surface area contributed by atoms with E-state index in [1.54, 1.807) is 6.07 Å². The third-order valence-corrected chi connectivity index (χ3v) is 3.17. The highest BCUT2D eigenvalue weighted by Gasteiger charge is 2.19. The normalized spacial score (nSPS) is 10.6. The van der Waals surface area contributed by atoms with Gasteiger partial charge < -0.3 is 4.74 Å². The standard InChI is InChI=1S/C15H18ClN3O2/c1-3-7-13(20)19-14(11-8-5-6-9-12(11)16)17-15(18-19)21-10-4-2/h5-6,8-9H,3-4,7,10H2,1-2H3. The Morgan fingerprint density at radius 3 is 2.71 bits per heavy atom. The lowest BCUT2D eigenvalue weighted by Gasteiger charge is -2.04. The molecule has 112 valence electrons. The maximum absolute atomic E-state index is 12.2. The zero-order valence-electron chi connectivity index (χ0n) is 12.2. The van der Waals surface area contributed by atoms with E-state index in [0.29, 0.717) is 29.4 Å². The van der Waals surface area contributed by atoms with Crippen molar-refractivity contribution in [3.63, 3.8) is 0 Å². The van der Waals surface area contributed by atoms with Gasteiger partial charge in [-0.25, -0.2) is 0 Å². The summed E-state index contributed by atoms with van der Waals surface area (Å²) in [7, 11) is 0. The first-order chi connectivity index (χ1) is 10.2.